The molecule has 0 unspecified atom stereocenters. The Bertz CT molecular complexity index is 1140. The molecular formula is C20H19F2N3O3S. The van der Waals surface area contributed by atoms with Crippen molar-refractivity contribution >= 4 is 21.4 Å². The molecule has 2 aromatic carbocycles. The quantitative estimate of drug-likeness (QED) is 0.661. The van der Waals surface area contributed by atoms with Gasteiger partial charge < -0.3 is 5.32 Å². The second kappa shape index (κ2) is 8.12. The average molecular weight is 419 g/mol. The van der Waals surface area contributed by atoms with E-state index in [0.29, 0.717) is 11.3 Å². The van der Waals surface area contributed by atoms with Gasteiger partial charge >= 0.3 is 5.76 Å². The Labute approximate surface area is 167 Å². The van der Waals surface area contributed by atoms with Gasteiger partial charge in [-0.05, 0) is 38.1 Å². The summed E-state index contributed by atoms with van der Waals surface area (Å²) in [7, 11) is -4.84. The molecule has 3 aromatic rings. The van der Waals surface area contributed by atoms with Crippen LogP contribution in [-0.2, 0) is 21.1 Å². The summed E-state index contributed by atoms with van der Waals surface area (Å²) in [4.78, 5) is 11.9. The first-order valence-corrected chi connectivity index (χ1v) is 10.3. The SMILES string of the molecule is Cc1nn(-c2ccccc2)c(C)c1CC(=O)Nc1ccccc1S(=O)(=O)C(F)F. The van der Waals surface area contributed by atoms with E-state index in [1.54, 1.807) is 11.6 Å². The van der Waals surface area contributed by atoms with Crippen molar-refractivity contribution in [1.29, 1.82) is 0 Å². The van der Waals surface area contributed by atoms with Crippen LogP contribution in [0.3, 0.4) is 0 Å². The number of halogens is 2. The topological polar surface area (TPSA) is 81.1 Å². The fraction of sp³-hybridized carbons (Fsp3) is 0.200. The number of hydrogen-bond acceptors (Lipinski definition) is 4. The number of nitrogens with zero attached hydrogens (tertiary/aromatic N) is 2. The summed E-state index contributed by atoms with van der Waals surface area (Å²) < 4.78 is 51.2. The standard InChI is InChI=1S/C20H19F2N3O3S/c1-13-16(14(2)25(24-13)15-8-4-3-5-9-15)12-19(26)23-17-10-6-7-11-18(17)29(27,28)20(21)22/h3-11,20H,12H2,1-2H3,(H,23,26). The van der Waals surface area contributed by atoms with Crippen LogP contribution in [0.5, 0.6) is 0 Å². The Morgan fingerprint density at radius 1 is 1.07 bits per heavy atom. The van der Waals surface area contributed by atoms with Gasteiger partial charge in [0.1, 0.15) is 0 Å². The van der Waals surface area contributed by atoms with Gasteiger partial charge in [-0.1, -0.05) is 30.3 Å². The van der Waals surface area contributed by atoms with Gasteiger partial charge in [0.15, 0.2) is 0 Å². The molecule has 0 saturated carbocycles. The number of sulfone groups is 1. The van der Waals surface area contributed by atoms with Gasteiger partial charge in [-0.25, -0.2) is 13.1 Å². The van der Waals surface area contributed by atoms with Gasteiger partial charge in [0.2, 0.25) is 15.7 Å². The lowest BCUT2D eigenvalue weighted by atomic mass is 10.1. The molecule has 0 bridgehead atoms. The highest BCUT2D eigenvalue weighted by Crippen LogP contribution is 2.26. The lowest BCUT2D eigenvalue weighted by Crippen LogP contribution is -2.19. The van der Waals surface area contributed by atoms with E-state index >= 15 is 0 Å². The van der Waals surface area contributed by atoms with Crippen molar-refractivity contribution < 1.29 is 22.0 Å². The third-order valence-electron chi connectivity index (χ3n) is 4.48. The number of anilines is 1. The zero-order chi connectivity index (χ0) is 21.2. The summed E-state index contributed by atoms with van der Waals surface area (Å²) >= 11 is 0. The number of benzene rings is 2. The molecule has 0 aliphatic heterocycles. The van der Waals surface area contributed by atoms with E-state index < -0.39 is 26.4 Å². The van der Waals surface area contributed by atoms with Crippen molar-refractivity contribution in [2.75, 3.05) is 5.32 Å². The first-order valence-electron chi connectivity index (χ1n) is 8.73. The maximum absolute atomic E-state index is 12.9. The molecule has 1 heterocycles. The van der Waals surface area contributed by atoms with E-state index in [1.807, 2.05) is 37.3 Å². The van der Waals surface area contributed by atoms with Crippen LogP contribution in [0.25, 0.3) is 5.69 Å². The molecule has 0 radical (unpaired) electrons. The Kier molecular flexibility index (Phi) is 5.78. The minimum absolute atomic E-state index is 0.0758. The highest BCUT2D eigenvalue weighted by molar-refractivity contribution is 7.91. The average Bonchev–Trinajstić information content (AvgIpc) is 2.97. The second-order valence-corrected chi connectivity index (χ2v) is 8.31. The monoisotopic (exact) mass is 419 g/mol. The molecule has 0 aliphatic carbocycles. The molecule has 9 heteroatoms. The van der Waals surface area contributed by atoms with E-state index in [-0.39, 0.29) is 12.1 Å². The van der Waals surface area contributed by atoms with E-state index in [9.17, 15) is 22.0 Å². The van der Waals surface area contributed by atoms with Crippen molar-refractivity contribution in [3.8, 4) is 5.69 Å². The van der Waals surface area contributed by atoms with Gasteiger partial charge in [0.05, 0.1) is 28.4 Å². The van der Waals surface area contributed by atoms with Crippen LogP contribution in [0.15, 0.2) is 59.5 Å². The maximum Gasteiger partial charge on any atom is 0.341 e. The number of carbonyl (C=O) groups is 1. The number of hydrogen-bond donors (Lipinski definition) is 1. The van der Waals surface area contributed by atoms with Crippen molar-refractivity contribution in [3.05, 3.63) is 71.5 Å². The Morgan fingerprint density at radius 3 is 2.34 bits per heavy atom. The van der Waals surface area contributed by atoms with Crippen LogP contribution in [-0.4, -0.2) is 29.9 Å². The Morgan fingerprint density at radius 2 is 1.69 bits per heavy atom. The fourth-order valence-electron chi connectivity index (χ4n) is 3.02. The van der Waals surface area contributed by atoms with Gasteiger partial charge in [0.25, 0.3) is 0 Å². The highest BCUT2D eigenvalue weighted by atomic mass is 32.2. The lowest BCUT2D eigenvalue weighted by Gasteiger charge is -2.11. The number of alkyl halides is 2. The molecule has 29 heavy (non-hydrogen) atoms. The number of aryl methyl sites for hydroxylation is 1. The van der Waals surface area contributed by atoms with Gasteiger partial charge in [-0.2, -0.15) is 13.9 Å². The number of para-hydroxylation sites is 2. The second-order valence-electron chi connectivity index (χ2n) is 6.42. The summed E-state index contributed by atoms with van der Waals surface area (Å²) in [6.45, 7) is 3.59. The zero-order valence-corrected chi connectivity index (χ0v) is 16.6. The Balaban J connectivity index is 1.86. The molecule has 0 aliphatic rings. The highest BCUT2D eigenvalue weighted by Gasteiger charge is 2.29. The zero-order valence-electron chi connectivity index (χ0n) is 15.8. The van der Waals surface area contributed by atoms with Crippen LogP contribution >= 0.6 is 0 Å². The molecule has 6 nitrogen and oxygen atoms in total. The molecule has 1 amide bonds. The molecule has 152 valence electrons. The van der Waals surface area contributed by atoms with Crippen molar-refractivity contribution in [2.45, 2.75) is 30.9 Å². The van der Waals surface area contributed by atoms with Crippen molar-refractivity contribution in [3.63, 3.8) is 0 Å². The number of amides is 1. The summed E-state index contributed by atoms with van der Waals surface area (Å²) in [5.41, 5.74) is 2.75. The predicted octanol–water partition coefficient (Wildman–Crippen LogP) is 3.67. The molecule has 0 spiro atoms. The van der Waals surface area contributed by atoms with Crippen molar-refractivity contribution in [2.24, 2.45) is 0 Å². The van der Waals surface area contributed by atoms with E-state index in [1.165, 1.54) is 18.2 Å². The van der Waals surface area contributed by atoms with E-state index in [2.05, 4.69) is 10.4 Å². The minimum Gasteiger partial charge on any atom is -0.325 e. The number of aromatic nitrogens is 2. The van der Waals surface area contributed by atoms with Gasteiger partial charge in [0, 0.05) is 11.3 Å². The van der Waals surface area contributed by atoms with Crippen LogP contribution in [0.1, 0.15) is 17.0 Å². The lowest BCUT2D eigenvalue weighted by molar-refractivity contribution is -0.115. The molecule has 0 atom stereocenters. The molecule has 1 N–H and O–H groups in total. The fourth-order valence-corrected chi connectivity index (χ4v) is 3.91. The van der Waals surface area contributed by atoms with E-state index in [4.69, 9.17) is 0 Å². The number of nitrogens with one attached hydrogen (secondary N) is 1. The number of carbonyl (C=O) groups excluding carboxylic acids is 1. The third-order valence-corrected chi connectivity index (χ3v) is 5.92. The smallest absolute Gasteiger partial charge is 0.325 e. The summed E-state index contributed by atoms with van der Waals surface area (Å²) in [6, 6.07) is 14.5. The number of rotatable bonds is 6. The molecular weight excluding hydrogens is 400 g/mol. The first-order chi connectivity index (χ1) is 13.7. The molecule has 3 rings (SSSR count). The largest absolute Gasteiger partial charge is 0.341 e. The van der Waals surface area contributed by atoms with Crippen LogP contribution in [0.4, 0.5) is 14.5 Å². The van der Waals surface area contributed by atoms with Crippen LogP contribution < -0.4 is 5.32 Å². The van der Waals surface area contributed by atoms with Crippen LogP contribution in [0, 0.1) is 13.8 Å². The summed E-state index contributed by atoms with van der Waals surface area (Å²) in [5, 5.41) is 6.90. The van der Waals surface area contributed by atoms with Crippen LogP contribution in [0.2, 0.25) is 0 Å². The van der Waals surface area contributed by atoms with Gasteiger partial charge in [-0.3, -0.25) is 4.79 Å². The summed E-state index contributed by atoms with van der Waals surface area (Å²) in [6.07, 6.45) is -0.0758. The minimum atomic E-state index is -4.84. The first kappa shape index (κ1) is 20.7. The molecule has 0 fully saturated rings. The van der Waals surface area contributed by atoms with Gasteiger partial charge in [-0.15, -0.1) is 0 Å². The molecule has 1 aromatic heterocycles. The molecule has 0 saturated heterocycles. The normalized spacial score (nSPS) is 11.6. The maximum atomic E-state index is 12.9. The Hall–Kier alpha value is -3.07. The predicted molar refractivity (Wildman–Crippen MR) is 105 cm³/mol. The van der Waals surface area contributed by atoms with E-state index in [0.717, 1.165) is 17.4 Å². The third kappa shape index (κ3) is 4.19. The van der Waals surface area contributed by atoms with Crippen molar-refractivity contribution in [1.82, 2.24) is 9.78 Å². The summed E-state index contributed by atoms with van der Waals surface area (Å²) in [5.74, 6) is -4.10.